The van der Waals surface area contributed by atoms with Gasteiger partial charge in [-0.3, -0.25) is 14.9 Å². The Kier molecular flexibility index (Phi) is 4.66. The number of nitrogens with zero attached hydrogens (tertiary/aromatic N) is 1. The van der Waals surface area contributed by atoms with Crippen molar-refractivity contribution in [3.05, 3.63) is 104 Å². The number of rotatable bonds is 4. The maximum Gasteiger partial charge on any atom is 0.276 e. The summed E-state index contributed by atoms with van der Waals surface area (Å²) in [4.78, 5) is 24.0. The number of para-hydroxylation sites is 1. The predicted octanol–water partition coefficient (Wildman–Crippen LogP) is 5.24. The molecule has 0 spiro atoms. The highest BCUT2D eigenvalue weighted by molar-refractivity contribution is 5.88. The highest BCUT2D eigenvalue weighted by Gasteiger charge is 2.16. The highest BCUT2D eigenvalue weighted by Crippen LogP contribution is 2.28. The molecule has 0 amide bonds. The Morgan fingerprint density at radius 2 is 1.66 bits per heavy atom. The van der Waals surface area contributed by atoms with Crippen molar-refractivity contribution in [1.29, 1.82) is 0 Å². The van der Waals surface area contributed by atoms with E-state index in [-0.39, 0.29) is 28.2 Å². The fourth-order valence-electron chi connectivity index (χ4n) is 3.15. The van der Waals surface area contributed by atoms with Gasteiger partial charge in [-0.2, -0.15) is 0 Å². The van der Waals surface area contributed by atoms with E-state index in [2.05, 4.69) is 0 Å². The van der Waals surface area contributed by atoms with Gasteiger partial charge in [-0.05, 0) is 35.9 Å². The average Bonchev–Trinajstić information content (AvgIpc) is 2.72. The van der Waals surface area contributed by atoms with Crippen molar-refractivity contribution in [3.63, 3.8) is 0 Å². The summed E-state index contributed by atoms with van der Waals surface area (Å²) >= 11 is 0. The lowest BCUT2D eigenvalue weighted by Crippen LogP contribution is -2.07. The molecular weight excluding hydrogens is 370 g/mol. The molecule has 29 heavy (non-hydrogen) atoms. The Bertz CT molecular complexity index is 1310. The molecule has 6 heteroatoms. The van der Waals surface area contributed by atoms with Crippen LogP contribution in [-0.2, 0) is 0 Å². The molecule has 0 saturated carbocycles. The van der Waals surface area contributed by atoms with Crippen LogP contribution in [0, 0.1) is 10.1 Å². The standard InChI is InChI=1S/C23H15NO5/c25-17-11-12-18-21(14-17)29-20(22(23(18)26)16-7-2-1-3-8-16)13-10-15-6-4-5-9-19(15)24(27)28/h1-14,25H/b13-10+. The largest absolute Gasteiger partial charge is 0.508 e. The first kappa shape index (κ1) is 18.2. The van der Waals surface area contributed by atoms with Gasteiger partial charge in [0, 0.05) is 12.1 Å². The van der Waals surface area contributed by atoms with E-state index < -0.39 is 4.92 Å². The van der Waals surface area contributed by atoms with E-state index in [9.17, 15) is 20.0 Å². The molecule has 0 bridgehead atoms. The van der Waals surface area contributed by atoms with Crippen molar-refractivity contribution in [2.75, 3.05) is 0 Å². The SMILES string of the molecule is O=c1c(-c2ccccc2)c(/C=C/c2ccccc2[N+](=O)[O-])oc2cc(O)ccc12. The number of nitro benzene ring substituents is 1. The van der Waals surface area contributed by atoms with Crippen LogP contribution >= 0.6 is 0 Å². The zero-order chi connectivity index (χ0) is 20.4. The molecule has 0 radical (unpaired) electrons. The number of phenolic OH excluding ortho intramolecular Hbond substituents is 1. The summed E-state index contributed by atoms with van der Waals surface area (Å²) in [5.74, 6) is 0.221. The van der Waals surface area contributed by atoms with Crippen molar-refractivity contribution in [1.82, 2.24) is 0 Å². The molecule has 3 aromatic carbocycles. The topological polar surface area (TPSA) is 93.6 Å². The van der Waals surface area contributed by atoms with Crippen LogP contribution in [0.2, 0.25) is 0 Å². The quantitative estimate of drug-likeness (QED) is 0.383. The number of aromatic hydroxyl groups is 1. The summed E-state index contributed by atoms with van der Waals surface area (Å²) in [5.41, 5.74) is 1.33. The minimum Gasteiger partial charge on any atom is -0.508 e. The summed E-state index contributed by atoms with van der Waals surface area (Å²) in [7, 11) is 0. The molecule has 0 aliphatic carbocycles. The van der Waals surface area contributed by atoms with Crippen molar-refractivity contribution < 1.29 is 14.4 Å². The molecule has 0 unspecified atom stereocenters. The third-order valence-corrected chi connectivity index (χ3v) is 4.51. The zero-order valence-corrected chi connectivity index (χ0v) is 15.1. The van der Waals surface area contributed by atoms with E-state index in [0.717, 1.165) is 0 Å². The van der Waals surface area contributed by atoms with Gasteiger partial charge in [0.15, 0.2) is 0 Å². The number of benzene rings is 3. The monoisotopic (exact) mass is 385 g/mol. The summed E-state index contributed by atoms with van der Waals surface area (Å²) in [6.07, 6.45) is 3.08. The lowest BCUT2D eigenvalue weighted by Gasteiger charge is -2.08. The minimum absolute atomic E-state index is 0.0262. The Hall–Kier alpha value is -4.19. The maximum atomic E-state index is 13.2. The minimum atomic E-state index is -0.466. The summed E-state index contributed by atoms with van der Waals surface area (Å²) < 4.78 is 5.91. The van der Waals surface area contributed by atoms with E-state index in [0.29, 0.717) is 22.1 Å². The lowest BCUT2D eigenvalue weighted by atomic mass is 10.0. The molecule has 0 fully saturated rings. The Labute approximate surface area is 165 Å². The molecule has 0 atom stereocenters. The second-order valence-electron chi connectivity index (χ2n) is 6.37. The van der Waals surface area contributed by atoms with Crippen LogP contribution in [0.3, 0.4) is 0 Å². The van der Waals surface area contributed by atoms with Crippen LogP contribution in [0.25, 0.3) is 34.2 Å². The van der Waals surface area contributed by atoms with Crippen molar-refractivity contribution in [2.45, 2.75) is 0 Å². The van der Waals surface area contributed by atoms with Gasteiger partial charge in [-0.15, -0.1) is 0 Å². The van der Waals surface area contributed by atoms with E-state index >= 15 is 0 Å². The molecule has 1 heterocycles. The van der Waals surface area contributed by atoms with Crippen LogP contribution in [0.15, 0.2) is 82.0 Å². The first-order valence-electron chi connectivity index (χ1n) is 8.81. The van der Waals surface area contributed by atoms with Crippen LogP contribution in [0.1, 0.15) is 11.3 Å². The molecule has 0 saturated heterocycles. The van der Waals surface area contributed by atoms with Gasteiger partial charge in [-0.1, -0.05) is 42.5 Å². The number of hydrogen-bond donors (Lipinski definition) is 1. The second-order valence-corrected chi connectivity index (χ2v) is 6.37. The van der Waals surface area contributed by atoms with E-state index in [1.54, 1.807) is 30.3 Å². The first-order valence-corrected chi connectivity index (χ1v) is 8.81. The van der Waals surface area contributed by atoms with E-state index in [4.69, 9.17) is 4.42 Å². The Balaban J connectivity index is 1.96. The normalized spacial score (nSPS) is 11.2. The van der Waals surface area contributed by atoms with Crippen molar-refractivity contribution in [2.24, 2.45) is 0 Å². The molecule has 0 aliphatic rings. The van der Waals surface area contributed by atoms with Crippen LogP contribution in [0.5, 0.6) is 5.75 Å². The zero-order valence-electron chi connectivity index (χ0n) is 15.1. The average molecular weight is 385 g/mol. The third kappa shape index (κ3) is 3.51. The summed E-state index contributed by atoms with van der Waals surface area (Å²) in [6, 6.07) is 19.7. The molecule has 4 rings (SSSR count). The molecule has 0 aliphatic heterocycles. The van der Waals surface area contributed by atoms with Crippen LogP contribution in [-0.4, -0.2) is 10.0 Å². The number of phenols is 1. The molecule has 142 valence electrons. The number of fused-ring (bicyclic) bond motifs is 1. The maximum absolute atomic E-state index is 13.2. The molecule has 6 nitrogen and oxygen atoms in total. The fraction of sp³-hybridized carbons (Fsp3) is 0. The van der Waals surface area contributed by atoms with E-state index in [1.165, 1.54) is 36.4 Å². The summed E-state index contributed by atoms with van der Waals surface area (Å²) in [6.45, 7) is 0. The van der Waals surface area contributed by atoms with Gasteiger partial charge in [0.25, 0.3) is 5.69 Å². The second kappa shape index (κ2) is 7.44. The van der Waals surface area contributed by atoms with Crippen LogP contribution < -0.4 is 5.43 Å². The number of hydrogen-bond acceptors (Lipinski definition) is 5. The highest BCUT2D eigenvalue weighted by atomic mass is 16.6. The smallest absolute Gasteiger partial charge is 0.276 e. The fourth-order valence-corrected chi connectivity index (χ4v) is 3.15. The molecule has 4 aromatic rings. The van der Waals surface area contributed by atoms with Crippen molar-refractivity contribution in [3.8, 4) is 16.9 Å². The lowest BCUT2D eigenvalue weighted by molar-refractivity contribution is -0.385. The van der Waals surface area contributed by atoms with Gasteiger partial charge in [0.1, 0.15) is 17.1 Å². The third-order valence-electron chi connectivity index (χ3n) is 4.51. The van der Waals surface area contributed by atoms with Gasteiger partial charge in [0.2, 0.25) is 5.43 Å². The van der Waals surface area contributed by atoms with Gasteiger partial charge in [-0.25, -0.2) is 0 Å². The van der Waals surface area contributed by atoms with Crippen molar-refractivity contribution >= 4 is 28.8 Å². The molecular formula is C23H15NO5. The Morgan fingerprint density at radius 3 is 2.41 bits per heavy atom. The number of nitro groups is 1. The summed E-state index contributed by atoms with van der Waals surface area (Å²) in [5, 5.41) is 21.3. The van der Waals surface area contributed by atoms with Gasteiger partial charge < -0.3 is 9.52 Å². The van der Waals surface area contributed by atoms with Gasteiger partial charge >= 0.3 is 0 Å². The first-order chi connectivity index (χ1) is 14.0. The van der Waals surface area contributed by atoms with Gasteiger partial charge in [0.05, 0.1) is 21.4 Å². The Morgan fingerprint density at radius 1 is 0.931 bits per heavy atom. The molecule has 1 aromatic heterocycles. The molecule has 1 N–H and O–H groups in total. The van der Waals surface area contributed by atoms with E-state index in [1.807, 2.05) is 18.2 Å². The predicted molar refractivity (Wildman–Crippen MR) is 112 cm³/mol. The van der Waals surface area contributed by atoms with Crippen LogP contribution in [0.4, 0.5) is 5.69 Å².